The topological polar surface area (TPSA) is 122 Å². The van der Waals surface area contributed by atoms with Gasteiger partial charge in [0, 0.05) is 13.1 Å². The monoisotopic (exact) mass is 467 g/mol. The van der Waals surface area contributed by atoms with E-state index in [0.29, 0.717) is 18.8 Å². The highest BCUT2D eigenvalue weighted by atomic mass is 32.2. The number of ether oxygens (including phenoxy) is 1. The molecule has 1 aliphatic heterocycles. The quantitative estimate of drug-likeness (QED) is 0.541. The Morgan fingerprint density at radius 2 is 1.65 bits per heavy atom. The molecular formula is C20H25N3O6S2. The van der Waals surface area contributed by atoms with Gasteiger partial charge >= 0.3 is 0 Å². The molecule has 1 aliphatic rings. The first-order valence-corrected chi connectivity index (χ1v) is 13.1. The van der Waals surface area contributed by atoms with Crippen molar-refractivity contribution in [2.45, 2.75) is 17.7 Å². The second kappa shape index (κ2) is 9.67. The molecule has 0 saturated carbocycles. The molecule has 0 unspecified atom stereocenters. The zero-order valence-corrected chi connectivity index (χ0v) is 18.7. The van der Waals surface area contributed by atoms with Gasteiger partial charge in [0.1, 0.15) is 12.4 Å². The first kappa shape index (κ1) is 23.0. The number of para-hydroxylation sites is 1. The molecule has 3 rings (SSSR count). The number of rotatable bonds is 9. The molecular weight excluding hydrogens is 442 g/mol. The van der Waals surface area contributed by atoms with E-state index in [2.05, 4.69) is 10.0 Å². The number of sulfonamides is 2. The third-order valence-electron chi connectivity index (χ3n) is 4.65. The van der Waals surface area contributed by atoms with E-state index in [9.17, 15) is 21.6 Å². The summed E-state index contributed by atoms with van der Waals surface area (Å²) in [5.74, 6) is 0.0381. The Labute approximate surface area is 182 Å². The molecule has 11 heteroatoms. The van der Waals surface area contributed by atoms with Crippen molar-refractivity contribution < 1.29 is 26.4 Å². The minimum Gasteiger partial charge on any atom is -0.492 e. The second-order valence-corrected chi connectivity index (χ2v) is 10.8. The van der Waals surface area contributed by atoms with Crippen LogP contribution >= 0.6 is 0 Å². The van der Waals surface area contributed by atoms with E-state index in [0.717, 1.165) is 19.1 Å². The smallest absolute Gasteiger partial charge is 0.253 e. The van der Waals surface area contributed by atoms with Crippen molar-refractivity contribution in [1.82, 2.24) is 9.62 Å². The van der Waals surface area contributed by atoms with Crippen molar-refractivity contribution in [3.05, 3.63) is 54.1 Å². The number of nitrogens with zero attached hydrogens (tertiary/aromatic N) is 1. The Morgan fingerprint density at radius 3 is 2.29 bits per heavy atom. The third kappa shape index (κ3) is 6.18. The average Bonchev–Trinajstić information content (AvgIpc) is 3.26. The fraction of sp³-hybridized carbons (Fsp3) is 0.350. The van der Waals surface area contributed by atoms with Gasteiger partial charge in [0.25, 0.3) is 5.91 Å². The summed E-state index contributed by atoms with van der Waals surface area (Å²) in [5, 5.41) is 2.67. The Hall–Kier alpha value is -2.63. The Kier molecular flexibility index (Phi) is 7.19. The molecule has 2 N–H and O–H groups in total. The SMILES string of the molecule is CS(=O)(=O)Nc1ccccc1C(=O)NCCOc1ccc(S(=O)(=O)N2CCCC2)cc1. The molecule has 168 valence electrons. The molecule has 1 fully saturated rings. The predicted octanol–water partition coefficient (Wildman–Crippen LogP) is 1.65. The molecule has 0 aliphatic carbocycles. The van der Waals surface area contributed by atoms with E-state index < -0.39 is 26.0 Å². The van der Waals surface area contributed by atoms with Gasteiger partial charge < -0.3 is 10.1 Å². The second-order valence-electron chi connectivity index (χ2n) is 7.11. The highest BCUT2D eigenvalue weighted by Crippen LogP contribution is 2.23. The van der Waals surface area contributed by atoms with Crippen LogP contribution < -0.4 is 14.8 Å². The Morgan fingerprint density at radius 1 is 1.00 bits per heavy atom. The van der Waals surface area contributed by atoms with Crippen LogP contribution in [0.2, 0.25) is 0 Å². The summed E-state index contributed by atoms with van der Waals surface area (Å²) in [5.41, 5.74) is 0.391. The first-order chi connectivity index (χ1) is 14.7. The van der Waals surface area contributed by atoms with Gasteiger partial charge in [-0.1, -0.05) is 12.1 Å². The summed E-state index contributed by atoms with van der Waals surface area (Å²) in [7, 11) is -6.98. The van der Waals surface area contributed by atoms with E-state index in [1.54, 1.807) is 24.3 Å². The van der Waals surface area contributed by atoms with Gasteiger partial charge in [0.05, 0.1) is 28.9 Å². The molecule has 1 heterocycles. The summed E-state index contributed by atoms with van der Waals surface area (Å²) in [4.78, 5) is 12.6. The van der Waals surface area contributed by atoms with Crippen molar-refractivity contribution in [3.8, 4) is 5.75 Å². The van der Waals surface area contributed by atoms with Gasteiger partial charge in [0.2, 0.25) is 20.0 Å². The average molecular weight is 468 g/mol. The standard InChI is InChI=1S/C20H25N3O6S2/c1-30(25,26)22-19-7-3-2-6-18(19)20(24)21-12-15-29-16-8-10-17(11-9-16)31(27,28)23-13-4-5-14-23/h2-3,6-11,22H,4-5,12-15H2,1H3,(H,21,24). The van der Waals surface area contributed by atoms with Crippen LogP contribution in [0.3, 0.4) is 0 Å². The molecule has 0 radical (unpaired) electrons. The molecule has 31 heavy (non-hydrogen) atoms. The van der Waals surface area contributed by atoms with Crippen molar-refractivity contribution in [2.24, 2.45) is 0 Å². The molecule has 1 amide bonds. The lowest BCUT2D eigenvalue weighted by Gasteiger charge is -2.15. The number of hydrogen-bond donors (Lipinski definition) is 2. The minimum atomic E-state index is -3.51. The summed E-state index contributed by atoms with van der Waals surface area (Å²) in [6, 6.07) is 12.5. The fourth-order valence-corrected chi connectivity index (χ4v) is 5.28. The molecule has 0 spiro atoms. The molecule has 0 bridgehead atoms. The lowest BCUT2D eigenvalue weighted by molar-refractivity contribution is 0.0948. The number of amides is 1. The summed E-state index contributed by atoms with van der Waals surface area (Å²) in [6.45, 7) is 1.43. The van der Waals surface area contributed by atoms with Gasteiger partial charge in [-0.3, -0.25) is 9.52 Å². The summed E-state index contributed by atoms with van der Waals surface area (Å²) < 4.78 is 57.3. The zero-order valence-electron chi connectivity index (χ0n) is 17.1. The normalized spacial score (nSPS) is 14.9. The first-order valence-electron chi connectivity index (χ1n) is 9.75. The molecule has 1 saturated heterocycles. The third-order valence-corrected chi connectivity index (χ3v) is 7.15. The number of carbonyl (C=O) groups excluding carboxylic acids is 1. The Bertz CT molecular complexity index is 1130. The van der Waals surface area contributed by atoms with Crippen LogP contribution in [0.1, 0.15) is 23.2 Å². The van der Waals surface area contributed by atoms with Crippen LogP contribution in [0.5, 0.6) is 5.75 Å². The fourth-order valence-electron chi connectivity index (χ4n) is 3.18. The van der Waals surface area contributed by atoms with Gasteiger partial charge in [-0.05, 0) is 49.2 Å². The van der Waals surface area contributed by atoms with Gasteiger partial charge in [0.15, 0.2) is 0 Å². The van der Waals surface area contributed by atoms with Crippen LogP contribution in [0.4, 0.5) is 5.69 Å². The maximum atomic E-state index is 12.5. The molecule has 2 aromatic carbocycles. The van der Waals surface area contributed by atoms with Crippen LogP contribution in [0.25, 0.3) is 0 Å². The Balaban J connectivity index is 1.52. The van der Waals surface area contributed by atoms with Crippen molar-refractivity contribution >= 4 is 31.6 Å². The van der Waals surface area contributed by atoms with Gasteiger partial charge in [-0.2, -0.15) is 4.31 Å². The number of benzene rings is 2. The summed E-state index contributed by atoms with van der Waals surface area (Å²) in [6.07, 6.45) is 2.76. The molecule has 0 aromatic heterocycles. The maximum absolute atomic E-state index is 12.5. The maximum Gasteiger partial charge on any atom is 0.253 e. The number of anilines is 1. The van der Waals surface area contributed by atoms with Crippen LogP contribution in [-0.4, -0.2) is 59.5 Å². The van der Waals surface area contributed by atoms with E-state index in [1.165, 1.54) is 28.6 Å². The van der Waals surface area contributed by atoms with Crippen molar-refractivity contribution in [3.63, 3.8) is 0 Å². The van der Waals surface area contributed by atoms with Crippen molar-refractivity contribution in [1.29, 1.82) is 0 Å². The number of carbonyl (C=O) groups is 1. The van der Waals surface area contributed by atoms with E-state index in [-0.39, 0.29) is 29.3 Å². The van der Waals surface area contributed by atoms with Gasteiger partial charge in [-0.25, -0.2) is 16.8 Å². The number of hydrogen-bond acceptors (Lipinski definition) is 6. The van der Waals surface area contributed by atoms with E-state index >= 15 is 0 Å². The van der Waals surface area contributed by atoms with Crippen molar-refractivity contribution in [2.75, 3.05) is 37.2 Å². The minimum absolute atomic E-state index is 0.158. The highest BCUT2D eigenvalue weighted by molar-refractivity contribution is 7.92. The zero-order chi connectivity index (χ0) is 22.5. The molecule has 9 nitrogen and oxygen atoms in total. The van der Waals surface area contributed by atoms with Crippen LogP contribution in [-0.2, 0) is 20.0 Å². The van der Waals surface area contributed by atoms with Crippen LogP contribution in [0.15, 0.2) is 53.4 Å². The van der Waals surface area contributed by atoms with E-state index in [4.69, 9.17) is 4.74 Å². The van der Waals surface area contributed by atoms with E-state index in [1.807, 2.05) is 0 Å². The molecule has 0 atom stereocenters. The predicted molar refractivity (Wildman–Crippen MR) is 117 cm³/mol. The van der Waals surface area contributed by atoms with Crippen LogP contribution in [0, 0.1) is 0 Å². The van der Waals surface area contributed by atoms with Gasteiger partial charge in [-0.15, -0.1) is 0 Å². The lowest BCUT2D eigenvalue weighted by Crippen LogP contribution is -2.29. The largest absolute Gasteiger partial charge is 0.492 e. The highest BCUT2D eigenvalue weighted by Gasteiger charge is 2.26. The molecule has 2 aromatic rings. The summed E-state index contributed by atoms with van der Waals surface area (Å²) >= 11 is 0. The number of nitrogens with one attached hydrogen (secondary N) is 2. The lowest BCUT2D eigenvalue weighted by atomic mass is 10.1.